The third-order valence-corrected chi connectivity index (χ3v) is 3.62. The molecule has 0 spiro atoms. The number of nitro groups is 1. The Morgan fingerprint density at radius 1 is 1.10 bits per heavy atom. The maximum atomic E-state index is 12.4. The van der Waals surface area contributed by atoms with Crippen molar-refractivity contribution in [1.29, 1.82) is 0 Å². The standard InChI is InChI=1S/C20H19N3O6/c1-13(19(25)22-16-9-6-10-17(12-16)23(27)28)29-20(26)18(21-14(2)24)11-15-7-4-3-5-8-15/h3-13H,1-2H3,(H,21,24)(H,22,25)/b18-11-/t13-/m1/s1. The van der Waals surface area contributed by atoms with Gasteiger partial charge >= 0.3 is 5.97 Å². The number of amides is 2. The average Bonchev–Trinajstić information content (AvgIpc) is 2.68. The van der Waals surface area contributed by atoms with Crippen LogP contribution in [0.15, 0.2) is 60.3 Å². The summed E-state index contributed by atoms with van der Waals surface area (Å²) in [6, 6.07) is 14.1. The molecule has 2 N–H and O–H groups in total. The molecule has 2 rings (SSSR count). The molecule has 0 aliphatic rings. The van der Waals surface area contributed by atoms with Gasteiger partial charge in [-0.2, -0.15) is 0 Å². The van der Waals surface area contributed by atoms with Gasteiger partial charge in [0.05, 0.1) is 4.92 Å². The molecule has 2 aromatic rings. The first-order chi connectivity index (χ1) is 13.8. The van der Waals surface area contributed by atoms with Crippen molar-refractivity contribution in [3.8, 4) is 0 Å². The number of rotatable bonds is 7. The molecule has 2 amide bonds. The first-order valence-electron chi connectivity index (χ1n) is 8.57. The van der Waals surface area contributed by atoms with Crippen LogP contribution >= 0.6 is 0 Å². The van der Waals surface area contributed by atoms with Crippen molar-refractivity contribution in [2.75, 3.05) is 5.32 Å². The summed E-state index contributed by atoms with van der Waals surface area (Å²) in [7, 11) is 0. The van der Waals surface area contributed by atoms with Crippen molar-refractivity contribution in [3.63, 3.8) is 0 Å². The van der Waals surface area contributed by atoms with Gasteiger partial charge in [-0.05, 0) is 24.6 Å². The molecule has 9 nitrogen and oxygen atoms in total. The Hall–Kier alpha value is -4.01. The van der Waals surface area contributed by atoms with Crippen molar-refractivity contribution < 1.29 is 24.0 Å². The lowest BCUT2D eigenvalue weighted by atomic mass is 10.2. The van der Waals surface area contributed by atoms with Crippen LogP contribution in [0.3, 0.4) is 0 Å². The predicted molar refractivity (Wildman–Crippen MR) is 106 cm³/mol. The van der Waals surface area contributed by atoms with E-state index in [1.807, 2.05) is 0 Å². The van der Waals surface area contributed by atoms with Gasteiger partial charge in [0.2, 0.25) is 5.91 Å². The van der Waals surface area contributed by atoms with Crippen LogP contribution in [0.5, 0.6) is 0 Å². The highest BCUT2D eigenvalue weighted by atomic mass is 16.6. The van der Waals surface area contributed by atoms with Gasteiger partial charge < -0.3 is 15.4 Å². The van der Waals surface area contributed by atoms with E-state index >= 15 is 0 Å². The van der Waals surface area contributed by atoms with E-state index in [1.165, 1.54) is 44.2 Å². The highest BCUT2D eigenvalue weighted by molar-refractivity contribution is 6.00. The molecule has 0 unspecified atom stereocenters. The second-order valence-electron chi connectivity index (χ2n) is 5.99. The second-order valence-corrected chi connectivity index (χ2v) is 5.99. The Morgan fingerprint density at radius 2 is 1.79 bits per heavy atom. The minimum Gasteiger partial charge on any atom is -0.448 e. The lowest BCUT2D eigenvalue weighted by molar-refractivity contribution is -0.384. The van der Waals surface area contributed by atoms with E-state index in [-0.39, 0.29) is 17.1 Å². The summed E-state index contributed by atoms with van der Waals surface area (Å²) < 4.78 is 5.13. The molecule has 1 atom stereocenters. The van der Waals surface area contributed by atoms with Gasteiger partial charge in [0, 0.05) is 24.7 Å². The quantitative estimate of drug-likeness (QED) is 0.320. The van der Waals surface area contributed by atoms with Gasteiger partial charge in [0.25, 0.3) is 11.6 Å². The van der Waals surface area contributed by atoms with E-state index in [4.69, 9.17) is 4.74 Å². The summed E-state index contributed by atoms with van der Waals surface area (Å²) in [6.07, 6.45) is 0.212. The van der Waals surface area contributed by atoms with E-state index in [2.05, 4.69) is 10.6 Å². The normalized spacial score (nSPS) is 11.9. The molecule has 0 aromatic heterocycles. The number of nitrogens with zero attached hydrogens (tertiary/aromatic N) is 1. The van der Waals surface area contributed by atoms with Crippen molar-refractivity contribution in [2.24, 2.45) is 0 Å². The largest absolute Gasteiger partial charge is 0.448 e. The zero-order valence-corrected chi connectivity index (χ0v) is 15.7. The third-order valence-electron chi connectivity index (χ3n) is 3.62. The van der Waals surface area contributed by atoms with Crippen LogP contribution in [-0.4, -0.2) is 28.8 Å². The number of esters is 1. The van der Waals surface area contributed by atoms with Crippen molar-refractivity contribution in [1.82, 2.24) is 5.32 Å². The molecule has 0 saturated heterocycles. The van der Waals surface area contributed by atoms with Crippen LogP contribution in [0.4, 0.5) is 11.4 Å². The maximum absolute atomic E-state index is 12.4. The number of nitro benzene ring substituents is 1. The number of hydrogen-bond donors (Lipinski definition) is 2. The monoisotopic (exact) mass is 397 g/mol. The van der Waals surface area contributed by atoms with Crippen LogP contribution in [0.2, 0.25) is 0 Å². The molecule has 0 fully saturated rings. The molecular formula is C20H19N3O6. The van der Waals surface area contributed by atoms with Crippen molar-refractivity contribution in [2.45, 2.75) is 20.0 Å². The maximum Gasteiger partial charge on any atom is 0.355 e. The fourth-order valence-electron chi connectivity index (χ4n) is 2.27. The van der Waals surface area contributed by atoms with Gasteiger partial charge in [0.15, 0.2) is 6.10 Å². The zero-order chi connectivity index (χ0) is 21.4. The number of benzene rings is 2. The average molecular weight is 397 g/mol. The fraction of sp³-hybridized carbons (Fsp3) is 0.150. The Balaban J connectivity index is 2.09. The Bertz CT molecular complexity index is 956. The van der Waals surface area contributed by atoms with Gasteiger partial charge in [-0.1, -0.05) is 36.4 Å². The van der Waals surface area contributed by atoms with E-state index in [0.717, 1.165) is 0 Å². The Kier molecular flexibility index (Phi) is 7.19. The molecule has 150 valence electrons. The lowest BCUT2D eigenvalue weighted by Gasteiger charge is -2.15. The number of non-ortho nitro benzene ring substituents is 1. The molecule has 9 heteroatoms. The van der Waals surface area contributed by atoms with Crippen LogP contribution in [0.25, 0.3) is 6.08 Å². The summed E-state index contributed by atoms with van der Waals surface area (Å²) in [5.74, 6) is -2.05. The van der Waals surface area contributed by atoms with E-state index in [9.17, 15) is 24.5 Å². The number of anilines is 1. The smallest absolute Gasteiger partial charge is 0.355 e. The van der Waals surface area contributed by atoms with E-state index in [0.29, 0.717) is 5.56 Å². The molecule has 0 radical (unpaired) electrons. The van der Waals surface area contributed by atoms with Crippen LogP contribution in [0.1, 0.15) is 19.4 Å². The molecule has 0 bridgehead atoms. The van der Waals surface area contributed by atoms with Crippen molar-refractivity contribution in [3.05, 3.63) is 76.0 Å². The minimum absolute atomic E-state index is 0.126. The Morgan fingerprint density at radius 3 is 2.41 bits per heavy atom. The van der Waals surface area contributed by atoms with Gasteiger partial charge in [-0.25, -0.2) is 4.79 Å². The molecule has 0 heterocycles. The lowest BCUT2D eigenvalue weighted by Crippen LogP contribution is -2.33. The molecule has 29 heavy (non-hydrogen) atoms. The highest BCUT2D eigenvalue weighted by Crippen LogP contribution is 2.17. The second kappa shape index (κ2) is 9.79. The first kappa shape index (κ1) is 21.3. The summed E-state index contributed by atoms with van der Waals surface area (Å²) in [6.45, 7) is 2.59. The minimum atomic E-state index is -1.21. The first-order valence-corrected chi connectivity index (χ1v) is 8.57. The Labute approximate surface area is 166 Å². The fourth-order valence-corrected chi connectivity index (χ4v) is 2.27. The summed E-state index contributed by atoms with van der Waals surface area (Å²) in [5.41, 5.74) is 0.529. The van der Waals surface area contributed by atoms with Gasteiger partial charge in [-0.15, -0.1) is 0 Å². The van der Waals surface area contributed by atoms with Crippen molar-refractivity contribution >= 4 is 35.2 Å². The van der Waals surface area contributed by atoms with E-state index < -0.39 is 28.8 Å². The zero-order valence-electron chi connectivity index (χ0n) is 15.7. The number of hydrogen-bond acceptors (Lipinski definition) is 6. The van der Waals surface area contributed by atoms with E-state index in [1.54, 1.807) is 30.3 Å². The summed E-state index contributed by atoms with van der Waals surface area (Å²) in [4.78, 5) is 46.3. The van der Waals surface area contributed by atoms with Gasteiger partial charge in [-0.3, -0.25) is 19.7 Å². The highest BCUT2D eigenvalue weighted by Gasteiger charge is 2.22. The van der Waals surface area contributed by atoms with Crippen LogP contribution < -0.4 is 10.6 Å². The molecule has 0 aliphatic heterocycles. The van der Waals surface area contributed by atoms with Gasteiger partial charge in [0.1, 0.15) is 5.70 Å². The molecule has 0 saturated carbocycles. The number of carbonyl (C=O) groups excluding carboxylic acids is 3. The SMILES string of the molecule is CC(=O)N/C(=C\c1ccccc1)C(=O)O[C@H](C)C(=O)Nc1cccc([N+](=O)[O-])c1. The number of ether oxygens (including phenoxy) is 1. The summed E-state index contributed by atoms with van der Waals surface area (Å²) in [5, 5.41) is 15.6. The third kappa shape index (κ3) is 6.58. The summed E-state index contributed by atoms with van der Waals surface area (Å²) >= 11 is 0. The molecule has 2 aromatic carbocycles. The number of carbonyl (C=O) groups is 3. The topological polar surface area (TPSA) is 128 Å². The molecule has 0 aliphatic carbocycles. The van der Waals surface area contributed by atoms with Crippen LogP contribution in [0, 0.1) is 10.1 Å². The molecular weight excluding hydrogens is 378 g/mol. The number of nitrogens with one attached hydrogen (secondary N) is 2. The van der Waals surface area contributed by atoms with Crippen LogP contribution in [-0.2, 0) is 19.1 Å². The predicted octanol–water partition coefficient (Wildman–Crippen LogP) is 2.64.